The Morgan fingerprint density at radius 3 is 2.79 bits per heavy atom. The van der Waals surface area contributed by atoms with Crippen LogP contribution in [-0.4, -0.2) is 21.2 Å². The van der Waals surface area contributed by atoms with Gasteiger partial charge in [-0.15, -0.1) is 11.3 Å². The van der Waals surface area contributed by atoms with Crippen molar-refractivity contribution in [2.75, 3.05) is 0 Å². The Labute approximate surface area is 117 Å². The molecule has 2 aromatic heterocycles. The normalized spacial score (nSPS) is 12.7. The molecule has 0 aliphatic rings. The van der Waals surface area contributed by atoms with E-state index >= 15 is 0 Å². The third-order valence-electron chi connectivity index (χ3n) is 2.56. The lowest BCUT2D eigenvalue weighted by Gasteiger charge is -2.13. The second-order valence-electron chi connectivity index (χ2n) is 4.70. The maximum absolute atomic E-state index is 10.2. The predicted octanol–water partition coefficient (Wildman–Crippen LogP) is 2.91. The summed E-state index contributed by atoms with van der Waals surface area (Å²) >= 11 is 1.59. The number of hydrogen-bond donors (Lipinski definition) is 1. The van der Waals surface area contributed by atoms with E-state index in [-0.39, 0.29) is 6.10 Å². The number of hydrogen-bond acceptors (Lipinski definition) is 5. The van der Waals surface area contributed by atoms with Crippen LogP contribution in [-0.2, 0) is 6.42 Å². The molecule has 0 fully saturated rings. The van der Waals surface area contributed by atoms with Gasteiger partial charge in [-0.1, -0.05) is 0 Å². The van der Waals surface area contributed by atoms with Gasteiger partial charge in [0.15, 0.2) is 0 Å². The quantitative estimate of drug-likeness (QED) is 0.913. The van der Waals surface area contributed by atoms with Gasteiger partial charge in [-0.25, -0.2) is 4.98 Å². The molecule has 102 valence electrons. The molecule has 2 rings (SSSR count). The zero-order valence-corrected chi connectivity index (χ0v) is 12.1. The SMILES string of the molecule is Cc1nc(CC(O)c2cncc(OC(C)C)c2)cs1. The molecule has 5 heteroatoms. The fourth-order valence-electron chi connectivity index (χ4n) is 1.77. The summed E-state index contributed by atoms with van der Waals surface area (Å²) in [6.07, 6.45) is 3.30. The van der Waals surface area contributed by atoms with Crippen molar-refractivity contribution in [2.24, 2.45) is 0 Å². The van der Waals surface area contributed by atoms with Crippen molar-refractivity contribution in [1.29, 1.82) is 0 Å². The first-order valence-electron chi connectivity index (χ1n) is 6.25. The molecule has 0 aliphatic carbocycles. The number of aromatic nitrogens is 2. The highest BCUT2D eigenvalue weighted by atomic mass is 32.1. The summed E-state index contributed by atoms with van der Waals surface area (Å²) in [4.78, 5) is 8.46. The molecule has 0 saturated carbocycles. The van der Waals surface area contributed by atoms with Gasteiger partial charge in [0.25, 0.3) is 0 Å². The van der Waals surface area contributed by atoms with Crippen LogP contribution in [0.15, 0.2) is 23.8 Å². The maximum atomic E-state index is 10.2. The summed E-state index contributed by atoms with van der Waals surface area (Å²) in [5.41, 5.74) is 1.66. The third-order valence-corrected chi connectivity index (χ3v) is 3.38. The maximum Gasteiger partial charge on any atom is 0.138 e. The summed E-state index contributed by atoms with van der Waals surface area (Å²) in [5.74, 6) is 0.681. The molecule has 2 aromatic rings. The minimum absolute atomic E-state index is 0.0929. The van der Waals surface area contributed by atoms with E-state index in [9.17, 15) is 5.11 Å². The van der Waals surface area contributed by atoms with Gasteiger partial charge in [0.1, 0.15) is 5.75 Å². The van der Waals surface area contributed by atoms with E-state index in [0.29, 0.717) is 12.2 Å². The van der Waals surface area contributed by atoms with Gasteiger partial charge >= 0.3 is 0 Å². The second-order valence-corrected chi connectivity index (χ2v) is 5.76. The molecule has 4 nitrogen and oxygen atoms in total. The Kier molecular flexibility index (Phi) is 4.50. The van der Waals surface area contributed by atoms with E-state index in [2.05, 4.69) is 9.97 Å². The van der Waals surface area contributed by atoms with Crippen LogP contribution in [0.4, 0.5) is 0 Å². The molecular weight excluding hydrogens is 260 g/mol. The Hall–Kier alpha value is -1.46. The molecule has 1 atom stereocenters. The van der Waals surface area contributed by atoms with E-state index in [0.717, 1.165) is 16.3 Å². The summed E-state index contributed by atoms with van der Waals surface area (Å²) in [6.45, 7) is 5.88. The number of pyridine rings is 1. The molecule has 0 bridgehead atoms. The van der Waals surface area contributed by atoms with Crippen molar-refractivity contribution in [2.45, 2.75) is 39.4 Å². The second kappa shape index (κ2) is 6.12. The van der Waals surface area contributed by atoms with Crippen molar-refractivity contribution in [3.05, 3.63) is 40.1 Å². The van der Waals surface area contributed by atoms with Crippen molar-refractivity contribution in [1.82, 2.24) is 9.97 Å². The first-order chi connectivity index (χ1) is 9.04. The summed E-state index contributed by atoms with van der Waals surface area (Å²) < 4.78 is 5.57. The average molecular weight is 278 g/mol. The molecule has 0 saturated heterocycles. The van der Waals surface area contributed by atoms with Gasteiger partial charge in [-0.3, -0.25) is 4.98 Å². The average Bonchev–Trinajstić information content (AvgIpc) is 2.74. The standard InChI is InChI=1S/C14H18N2O2S/c1-9(2)18-13-4-11(6-15-7-13)14(17)5-12-8-19-10(3)16-12/h4,6-9,14,17H,5H2,1-3H3. The monoisotopic (exact) mass is 278 g/mol. The molecule has 0 aliphatic heterocycles. The van der Waals surface area contributed by atoms with Crippen LogP contribution >= 0.6 is 11.3 Å². The van der Waals surface area contributed by atoms with Crippen molar-refractivity contribution in [3.63, 3.8) is 0 Å². The Morgan fingerprint density at radius 2 is 2.16 bits per heavy atom. The van der Waals surface area contributed by atoms with Crippen LogP contribution in [0.3, 0.4) is 0 Å². The molecule has 2 heterocycles. The molecule has 0 radical (unpaired) electrons. The van der Waals surface area contributed by atoms with E-state index in [1.807, 2.05) is 32.2 Å². The zero-order chi connectivity index (χ0) is 13.8. The number of aryl methyl sites for hydroxylation is 1. The van der Waals surface area contributed by atoms with Crippen LogP contribution in [0.25, 0.3) is 0 Å². The highest BCUT2D eigenvalue weighted by Crippen LogP contribution is 2.22. The van der Waals surface area contributed by atoms with Gasteiger partial charge < -0.3 is 9.84 Å². The molecular formula is C14H18N2O2S. The molecule has 0 amide bonds. The number of aliphatic hydroxyl groups excluding tert-OH is 1. The number of aliphatic hydroxyl groups is 1. The minimum atomic E-state index is -0.607. The summed E-state index contributed by atoms with van der Waals surface area (Å²) in [6, 6.07) is 1.83. The van der Waals surface area contributed by atoms with Crippen LogP contribution in [0.5, 0.6) is 5.75 Å². The van der Waals surface area contributed by atoms with E-state index < -0.39 is 6.10 Å². The highest BCUT2D eigenvalue weighted by Gasteiger charge is 2.12. The lowest BCUT2D eigenvalue weighted by Crippen LogP contribution is -2.08. The molecule has 19 heavy (non-hydrogen) atoms. The minimum Gasteiger partial charge on any atom is -0.489 e. The van der Waals surface area contributed by atoms with Gasteiger partial charge in [0, 0.05) is 23.6 Å². The fourth-order valence-corrected chi connectivity index (χ4v) is 2.40. The molecule has 1 unspecified atom stereocenters. The van der Waals surface area contributed by atoms with Gasteiger partial charge in [0.2, 0.25) is 0 Å². The smallest absolute Gasteiger partial charge is 0.138 e. The Bertz CT molecular complexity index is 540. The first kappa shape index (κ1) is 14.0. The predicted molar refractivity (Wildman–Crippen MR) is 75.5 cm³/mol. The largest absolute Gasteiger partial charge is 0.489 e. The fraction of sp³-hybridized carbons (Fsp3) is 0.429. The topological polar surface area (TPSA) is 55.2 Å². The Morgan fingerprint density at radius 1 is 1.37 bits per heavy atom. The van der Waals surface area contributed by atoms with Crippen molar-refractivity contribution < 1.29 is 9.84 Å². The first-order valence-corrected chi connectivity index (χ1v) is 7.13. The molecule has 1 N–H and O–H groups in total. The van der Waals surface area contributed by atoms with Gasteiger partial charge in [-0.05, 0) is 26.8 Å². The number of ether oxygens (including phenoxy) is 1. The highest BCUT2D eigenvalue weighted by molar-refractivity contribution is 7.09. The van der Waals surface area contributed by atoms with Crippen LogP contribution in [0, 0.1) is 6.92 Å². The van der Waals surface area contributed by atoms with Crippen molar-refractivity contribution >= 4 is 11.3 Å². The van der Waals surface area contributed by atoms with Crippen LogP contribution < -0.4 is 4.74 Å². The number of nitrogens with zero attached hydrogens (tertiary/aromatic N) is 2. The Balaban J connectivity index is 2.08. The van der Waals surface area contributed by atoms with E-state index in [4.69, 9.17) is 4.74 Å². The molecule has 0 spiro atoms. The van der Waals surface area contributed by atoms with Gasteiger partial charge in [0.05, 0.1) is 29.1 Å². The summed E-state index contributed by atoms with van der Waals surface area (Å²) in [5, 5.41) is 13.2. The third kappa shape index (κ3) is 4.01. The zero-order valence-electron chi connectivity index (χ0n) is 11.3. The molecule has 0 aromatic carbocycles. The van der Waals surface area contributed by atoms with Crippen molar-refractivity contribution in [3.8, 4) is 5.75 Å². The summed E-state index contributed by atoms with van der Waals surface area (Å²) in [7, 11) is 0. The lowest BCUT2D eigenvalue weighted by molar-refractivity contribution is 0.175. The van der Waals surface area contributed by atoms with E-state index in [1.54, 1.807) is 23.7 Å². The number of thiazole rings is 1. The van der Waals surface area contributed by atoms with Crippen LogP contribution in [0.1, 0.15) is 36.2 Å². The lowest BCUT2D eigenvalue weighted by atomic mass is 10.1. The number of rotatable bonds is 5. The van der Waals surface area contributed by atoms with E-state index in [1.165, 1.54) is 0 Å². The van der Waals surface area contributed by atoms with Crippen LogP contribution in [0.2, 0.25) is 0 Å². The van der Waals surface area contributed by atoms with Gasteiger partial charge in [-0.2, -0.15) is 0 Å².